The molecular formula is C12H12N2O5. The van der Waals surface area contributed by atoms with Gasteiger partial charge in [-0.25, -0.2) is 0 Å². The lowest BCUT2D eigenvalue weighted by Gasteiger charge is -2.24. The van der Waals surface area contributed by atoms with E-state index in [1.54, 1.807) is 19.1 Å². The van der Waals surface area contributed by atoms with Gasteiger partial charge >= 0.3 is 5.97 Å². The number of hydrogen-bond acceptors (Lipinski definition) is 4. The van der Waals surface area contributed by atoms with Crippen LogP contribution in [0.15, 0.2) is 18.2 Å². The number of para-hydroxylation sites is 1. The molecule has 1 atom stereocenters. The van der Waals surface area contributed by atoms with E-state index in [0.29, 0.717) is 5.69 Å². The van der Waals surface area contributed by atoms with E-state index in [1.165, 1.54) is 6.07 Å². The zero-order chi connectivity index (χ0) is 14.0. The standard InChI is InChI=1S/C12H12N2O5/c1-6-11(17)14-8-4-2-3-7(10(8)19-6)12(18)13-5-9(15)16/h2-4,6H,5H2,1H3,(H,13,18)(H,14,17)(H,15,16)/t6-/m1/s1. The van der Waals surface area contributed by atoms with Gasteiger partial charge < -0.3 is 20.5 Å². The van der Waals surface area contributed by atoms with Crippen molar-refractivity contribution in [1.82, 2.24) is 5.32 Å². The minimum absolute atomic E-state index is 0.186. The van der Waals surface area contributed by atoms with Crippen LogP contribution in [0.5, 0.6) is 5.75 Å². The highest BCUT2D eigenvalue weighted by Gasteiger charge is 2.27. The van der Waals surface area contributed by atoms with Crippen LogP contribution in [0.4, 0.5) is 5.69 Å². The Morgan fingerprint density at radius 3 is 2.89 bits per heavy atom. The first-order valence-electron chi connectivity index (χ1n) is 5.59. The average Bonchev–Trinajstić information content (AvgIpc) is 2.36. The summed E-state index contributed by atoms with van der Waals surface area (Å²) in [5.74, 6) is -1.75. The van der Waals surface area contributed by atoms with Gasteiger partial charge in [0.25, 0.3) is 11.8 Å². The summed E-state index contributed by atoms with van der Waals surface area (Å²) in [6.45, 7) is 1.08. The summed E-state index contributed by atoms with van der Waals surface area (Å²) in [6.07, 6.45) is -0.707. The topological polar surface area (TPSA) is 105 Å². The molecule has 2 amide bonds. The predicted octanol–water partition coefficient (Wildman–Crippen LogP) is 0.220. The number of aliphatic carboxylic acids is 1. The highest BCUT2D eigenvalue weighted by Crippen LogP contribution is 2.33. The number of benzene rings is 1. The lowest BCUT2D eigenvalue weighted by atomic mass is 10.1. The maximum Gasteiger partial charge on any atom is 0.322 e. The van der Waals surface area contributed by atoms with Crippen LogP contribution in [0, 0.1) is 0 Å². The van der Waals surface area contributed by atoms with Crippen molar-refractivity contribution in [2.45, 2.75) is 13.0 Å². The summed E-state index contributed by atoms with van der Waals surface area (Å²) >= 11 is 0. The van der Waals surface area contributed by atoms with Crippen molar-refractivity contribution in [3.8, 4) is 5.75 Å². The van der Waals surface area contributed by atoms with Gasteiger partial charge in [-0.05, 0) is 19.1 Å². The van der Waals surface area contributed by atoms with Crippen LogP contribution in [0.2, 0.25) is 0 Å². The number of anilines is 1. The van der Waals surface area contributed by atoms with E-state index in [9.17, 15) is 14.4 Å². The number of nitrogens with one attached hydrogen (secondary N) is 2. The average molecular weight is 264 g/mol. The Balaban J connectivity index is 2.28. The molecule has 0 radical (unpaired) electrons. The second-order valence-corrected chi connectivity index (χ2v) is 4.01. The van der Waals surface area contributed by atoms with Crippen molar-refractivity contribution in [2.75, 3.05) is 11.9 Å². The van der Waals surface area contributed by atoms with Crippen LogP contribution >= 0.6 is 0 Å². The van der Waals surface area contributed by atoms with Gasteiger partial charge in [0, 0.05) is 0 Å². The van der Waals surface area contributed by atoms with E-state index in [2.05, 4.69) is 10.6 Å². The normalized spacial score (nSPS) is 16.9. The van der Waals surface area contributed by atoms with Gasteiger partial charge in [-0.15, -0.1) is 0 Å². The van der Waals surface area contributed by atoms with Gasteiger partial charge in [0.1, 0.15) is 6.54 Å². The fourth-order valence-electron chi connectivity index (χ4n) is 1.66. The highest BCUT2D eigenvalue weighted by atomic mass is 16.5. The van der Waals surface area contributed by atoms with Crippen molar-refractivity contribution in [3.63, 3.8) is 0 Å². The number of carbonyl (C=O) groups is 3. The van der Waals surface area contributed by atoms with Crippen molar-refractivity contribution in [1.29, 1.82) is 0 Å². The van der Waals surface area contributed by atoms with E-state index in [1.807, 2.05) is 0 Å². The summed E-state index contributed by atoms with van der Waals surface area (Å²) in [5.41, 5.74) is 0.580. The van der Waals surface area contributed by atoms with Gasteiger partial charge in [-0.2, -0.15) is 0 Å². The third-order valence-corrected chi connectivity index (χ3v) is 2.58. The number of rotatable bonds is 3. The molecule has 0 aromatic heterocycles. The van der Waals surface area contributed by atoms with Crippen molar-refractivity contribution >= 4 is 23.5 Å². The molecule has 0 saturated heterocycles. The lowest BCUT2D eigenvalue weighted by Crippen LogP contribution is -2.36. The Morgan fingerprint density at radius 2 is 2.21 bits per heavy atom. The van der Waals surface area contributed by atoms with Crippen molar-refractivity contribution < 1.29 is 24.2 Å². The molecule has 2 rings (SSSR count). The summed E-state index contributed by atoms with van der Waals surface area (Å²) in [5, 5.41) is 13.4. The van der Waals surface area contributed by atoms with Crippen molar-refractivity contribution in [3.05, 3.63) is 23.8 Å². The van der Waals surface area contributed by atoms with Crippen molar-refractivity contribution in [2.24, 2.45) is 0 Å². The van der Waals surface area contributed by atoms with E-state index in [-0.39, 0.29) is 17.2 Å². The van der Waals surface area contributed by atoms with Crippen LogP contribution < -0.4 is 15.4 Å². The smallest absolute Gasteiger partial charge is 0.322 e. The molecule has 7 heteroatoms. The molecule has 1 aliphatic heterocycles. The third-order valence-electron chi connectivity index (χ3n) is 2.58. The number of carboxylic acid groups (broad SMARTS) is 1. The zero-order valence-electron chi connectivity index (χ0n) is 10.1. The second kappa shape index (κ2) is 4.97. The fraction of sp³-hybridized carbons (Fsp3) is 0.250. The summed E-state index contributed by atoms with van der Waals surface area (Å²) in [6, 6.07) is 4.68. The molecule has 0 fully saturated rings. The van der Waals surface area contributed by atoms with E-state index in [0.717, 1.165) is 0 Å². The monoisotopic (exact) mass is 264 g/mol. The molecule has 1 aromatic rings. The van der Waals surface area contributed by atoms with Gasteiger partial charge in [-0.3, -0.25) is 14.4 Å². The minimum Gasteiger partial charge on any atom is -0.480 e. The molecule has 0 aliphatic carbocycles. The number of amides is 2. The molecule has 100 valence electrons. The Hall–Kier alpha value is -2.57. The number of fused-ring (bicyclic) bond motifs is 1. The second-order valence-electron chi connectivity index (χ2n) is 4.01. The molecule has 0 bridgehead atoms. The first kappa shape index (κ1) is 12.9. The Morgan fingerprint density at radius 1 is 1.47 bits per heavy atom. The van der Waals surface area contributed by atoms with Crippen LogP contribution in [0.25, 0.3) is 0 Å². The molecular weight excluding hydrogens is 252 g/mol. The number of ether oxygens (including phenoxy) is 1. The number of hydrogen-bond donors (Lipinski definition) is 3. The molecule has 7 nitrogen and oxygen atoms in total. The van der Waals surface area contributed by atoms with Gasteiger partial charge in [0.05, 0.1) is 11.3 Å². The maximum atomic E-state index is 11.8. The predicted molar refractivity (Wildman–Crippen MR) is 65.1 cm³/mol. The Bertz CT molecular complexity index is 555. The van der Waals surface area contributed by atoms with Gasteiger partial charge in [0.15, 0.2) is 11.9 Å². The lowest BCUT2D eigenvalue weighted by molar-refractivity contribution is -0.135. The number of carbonyl (C=O) groups excluding carboxylic acids is 2. The van der Waals surface area contributed by atoms with Gasteiger partial charge in [-0.1, -0.05) is 6.07 Å². The minimum atomic E-state index is -1.14. The molecule has 3 N–H and O–H groups in total. The quantitative estimate of drug-likeness (QED) is 0.724. The summed E-state index contributed by atoms with van der Waals surface area (Å²) in [7, 11) is 0. The molecule has 1 aliphatic rings. The zero-order valence-corrected chi connectivity index (χ0v) is 10.1. The van der Waals surface area contributed by atoms with Crippen LogP contribution in [-0.2, 0) is 9.59 Å². The van der Waals surface area contributed by atoms with Crippen LogP contribution in [0.1, 0.15) is 17.3 Å². The molecule has 1 aromatic carbocycles. The maximum absolute atomic E-state index is 11.8. The summed E-state index contributed by atoms with van der Waals surface area (Å²) in [4.78, 5) is 33.7. The Kier molecular flexibility index (Phi) is 3.37. The van der Waals surface area contributed by atoms with Crippen LogP contribution in [-0.4, -0.2) is 35.5 Å². The molecule has 0 spiro atoms. The fourth-order valence-corrected chi connectivity index (χ4v) is 1.66. The van der Waals surface area contributed by atoms with Crippen LogP contribution in [0.3, 0.4) is 0 Å². The largest absolute Gasteiger partial charge is 0.480 e. The first-order chi connectivity index (χ1) is 8.99. The van der Waals surface area contributed by atoms with E-state index in [4.69, 9.17) is 9.84 Å². The molecule has 0 unspecified atom stereocenters. The molecule has 1 heterocycles. The number of carboxylic acids is 1. The SMILES string of the molecule is C[C@H]1Oc2c(cccc2C(=O)NCC(=O)O)NC1=O. The first-order valence-corrected chi connectivity index (χ1v) is 5.59. The highest BCUT2D eigenvalue weighted by molar-refractivity contribution is 6.04. The van der Waals surface area contributed by atoms with E-state index >= 15 is 0 Å². The van der Waals surface area contributed by atoms with Gasteiger partial charge in [0.2, 0.25) is 0 Å². The van der Waals surface area contributed by atoms with E-state index < -0.39 is 24.5 Å². The molecule has 0 saturated carbocycles. The summed E-state index contributed by atoms with van der Waals surface area (Å²) < 4.78 is 5.38. The molecule has 19 heavy (non-hydrogen) atoms. The Labute approximate surface area is 108 Å². The third kappa shape index (κ3) is 2.65.